The Kier molecular flexibility index (Phi) is 4.55. The minimum Gasteiger partial charge on any atom is -0.342 e. The van der Waals surface area contributed by atoms with Gasteiger partial charge in [-0.05, 0) is 29.0 Å². The summed E-state index contributed by atoms with van der Waals surface area (Å²) in [6.45, 7) is 0.628. The van der Waals surface area contributed by atoms with Gasteiger partial charge in [-0.2, -0.15) is 10.3 Å². The second-order valence-electron chi connectivity index (χ2n) is 5.57. The number of hydrazone groups is 1. The molecule has 2 heterocycles. The average molecular weight is 386 g/mol. The number of hydrogen-bond donors (Lipinski definition) is 2. The molecule has 2 aromatic heterocycles. The van der Waals surface area contributed by atoms with Crippen molar-refractivity contribution >= 4 is 46.3 Å². The largest absolute Gasteiger partial charge is 0.342 e. The van der Waals surface area contributed by atoms with Crippen LogP contribution in [-0.4, -0.2) is 31.4 Å². The minimum absolute atomic E-state index is 0.304. The van der Waals surface area contributed by atoms with Gasteiger partial charge in [0.15, 0.2) is 0 Å². The van der Waals surface area contributed by atoms with E-state index in [0.717, 1.165) is 22.0 Å². The number of aromatic nitrogens is 5. The lowest BCUT2D eigenvalue weighted by Crippen LogP contribution is -1.98. The molecular formula is C17H13Cl2N7. The van der Waals surface area contributed by atoms with Crippen molar-refractivity contribution < 1.29 is 0 Å². The summed E-state index contributed by atoms with van der Waals surface area (Å²) >= 11 is 12.3. The number of benzene rings is 2. The van der Waals surface area contributed by atoms with Crippen LogP contribution < -0.4 is 5.43 Å². The minimum atomic E-state index is 0.304. The van der Waals surface area contributed by atoms with E-state index in [4.69, 9.17) is 23.2 Å². The van der Waals surface area contributed by atoms with Gasteiger partial charge < -0.3 is 4.57 Å². The summed E-state index contributed by atoms with van der Waals surface area (Å²) in [7, 11) is 0. The van der Waals surface area contributed by atoms with Crippen molar-refractivity contribution in [3.8, 4) is 0 Å². The summed E-state index contributed by atoms with van der Waals surface area (Å²) in [4.78, 5) is 0. The first kappa shape index (κ1) is 16.6. The standard InChI is InChI=1S/C17H13Cl2N7/c18-13-6-5-11(15(19)7-13)9-26-10-12(14-3-1-2-4-16(14)26)8-20-21-17-22-24-25-23-17/h1-8,10H,9H2,(H2,21,22,23,24,25). The van der Waals surface area contributed by atoms with Crippen LogP contribution in [-0.2, 0) is 6.54 Å². The fourth-order valence-corrected chi connectivity index (χ4v) is 3.18. The molecule has 0 radical (unpaired) electrons. The van der Waals surface area contributed by atoms with Crippen molar-refractivity contribution in [3.63, 3.8) is 0 Å². The molecule has 0 aliphatic carbocycles. The Bertz CT molecular complexity index is 1070. The van der Waals surface area contributed by atoms with Gasteiger partial charge in [-0.15, -0.1) is 5.10 Å². The summed E-state index contributed by atoms with van der Waals surface area (Å²) in [6.07, 6.45) is 3.75. The Balaban J connectivity index is 1.66. The zero-order valence-electron chi connectivity index (χ0n) is 13.4. The fraction of sp³-hybridized carbons (Fsp3) is 0.0588. The van der Waals surface area contributed by atoms with E-state index in [1.807, 2.05) is 36.5 Å². The molecule has 130 valence electrons. The number of fused-ring (bicyclic) bond motifs is 1. The molecule has 0 aliphatic rings. The highest BCUT2D eigenvalue weighted by Gasteiger charge is 2.09. The van der Waals surface area contributed by atoms with Gasteiger partial charge in [0.1, 0.15) is 0 Å². The van der Waals surface area contributed by atoms with Crippen LogP contribution in [0.1, 0.15) is 11.1 Å². The molecule has 0 saturated heterocycles. The SMILES string of the molecule is Clc1ccc(Cn2cc(C=NNc3nn[nH]n3)c3ccccc32)c(Cl)c1. The lowest BCUT2D eigenvalue weighted by Gasteiger charge is -2.08. The Labute approximate surface area is 158 Å². The van der Waals surface area contributed by atoms with Crippen molar-refractivity contribution in [2.45, 2.75) is 6.54 Å². The molecule has 0 spiro atoms. The van der Waals surface area contributed by atoms with E-state index in [9.17, 15) is 0 Å². The predicted octanol–water partition coefficient (Wildman–Crippen LogP) is 3.96. The normalized spacial score (nSPS) is 11.5. The number of tetrazole rings is 1. The van der Waals surface area contributed by atoms with Gasteiger partial charge in [0.2, 0.25) is 0 Å². The van der Waals surface area contributed by atoms with E-state index in [-0.39, 0.29) is 0 Å². The van der Waals surface area contributed by atoms with E-state index in [1.54, 1.807) is 12.3 Å². The van der Waals surface area contributed by atoms with Gasteiger partial charge in [0.25, 0.3) is 5.95 Å². The zero-order chi connectivity index (χ0) is 17.9. The Hall–Kier alpha value is -2.90. The molecule has 0 aliphatic heterocycles. The number of anilines is 1. The summed E-state index contributed by atoms with van der Waals surface area (Å²) < 4.78 is 2.13. The molecule has 7 nitrogen and oxygen atoms in total. The van der Waals surface area contributed by atoms with Crippen molar-refractivity contribution in [1.82, 2.24) is 25.2 Å². The number of para-hydroxylation sites is 1. The van der Waals surface area contributed by atoms with Gasteiger partial charge >= 0.3 is 0 Å². The highest BCUT2D eigenvalue weighted by atomic mass is 35.5. The molecule has 2 N–H and O–H groups in total. The maximum absolute atomic E-state index is 6.32. The van der Waals surface area contributed by atoms with Crippen molar-refractivity contribution in [3.05, 3.63) is 69.8 Å². The van der Waals surface area contributed by atoms with Crippen molar-refractivity contribution in [2.24, 2.45) is 5.10 Å². The van der Waals surface area contributed by atoms with Gasteiger partial charge in [-0.25, -0.2) is 5.43 Å². The molecule has 0 amide bonds. The third kappa shape index (κ3) is 3.40. The van der Waals surface area contributed by atoms with Crippen LogP contribution in [0.5, 0.6) is 0 Å². The number of H-pyrrole nitrogens is 1. The molecule has 0 saturated carbocycles. The van der Waals surface area contributed by atoms with Crippen LogP contribution in [0.15, 0.2) is 53.8 Å². The average Bonchev–Trinajstić information content (AvgIpc) is 3.26. The highest BCUT2D eigenvalue weighted by Crippen LogP contribution is 2.25. The molecule has 2 aromatic carbocycles. The Morgan fingerprint density at radius 2 is 2.08 bits per heavy atom. The Morgan fingerprint density at radius 1 is 1.19 bits per heavy atom. The van der Waals surface area contributed by atoms with Gasteiger partial charge in [0.05, 0.1) is 6.21 Å². The summed E-state index contributed by atoms with van der Waals surface area (Å²) in [6, 6.07) is 13.6. The number of nitrogens with zero attached hydrogens (tertiary/aromatic N) is 5. The highest BCUT2D eigenvalue weighted by molar-refractivity contribution is 6.35. The predicted molar refractivity (Wildman–Crippen MR) is 103 cm³/mol. The molecular weight excluding hydrogens is 373 g/mol. The van der Waals surface area contributed by atoms with Crippen LogP contribution in [0.3, 0.4) is 0 Å². The van der Waals surface area contributed by atoms with E-state index in [1.165, 1.54) is 0 Å². The monoisotopic (exact) mass is 385 g/mol. The van der Waals surface area contributed by atoms with Gasteiger partial charge in [-0.3, -0.25) is 0 Å². The molecule has 4 rings (SSSR count). The maximum atomic E-state index is 6.32. The molecule has 0 fully saturated rings. The lowest BCUT2D eigenvalue weighted by atomic mass is 10.2. The maximum Gasteiger partial charge on any atom is 0.283 e. The quantitative estimate of drug-likeness (QED) is 0.402. The third-order valence-electron chi connectivity index (χ3n) is 3.89. The van der Waals surface area contributed by atoms with Crippen LogP contribution in [0.4, 0.5) is 5.95 Å². The van der Waals surface area contributed by atoms with Crippen LogP contribution in [0, 0.1) is 0 Å². The molecule has 4 aromatic rings. The Morgan fingerprint density at radius 3 is 2.88 bits per heavy atom. The van der Waals surface area contributed by atoms with Gasteiger partial charge in [0, 0.05) is 39.3 Å². The second-order valence-corrected chi connectivity index (χ2v) is 6.41. The van der Waals surface area contributed by atoms with Gasteiger partial charge in [-0.1, -0.05) is 52.6 Å². The smallest absolute Gasteiger partial charge is 0.283 e. The van der Waals surface area contributed by atoms with Crippen LogP contribution >= 0.6 is 23.2 Å². The fourth-order valence-electron chi connectivity index (χ4n) is 2.71. The molecule has 0 atom stereocenters. The van der Waals surface area contributed by atoms with Crippen LogP contribution in [0.2, 0.25) is 10.0 Å². The van der Waals surface area contributed by atoms with Crippen LogP contribution in [0.25, 0.3) is 10.9 Å². The molecule has 26 heavy (non-hydrogen) atoms. The molecule has 9 heteroatoms. The van der Waals surface area contributed by atoms with E-state index in [0.29, 0.717) is 22.5 Å². The molecule has 0 bridgehead atoms. The molecule has 0 unspecified atom stereocenters. The van der Waals surface area contributed by atoms with Crippen molar-refractivity contribution in [1.29, 1.82) is 0 Å². The van der Waals surface area contributed by atoms with E-state index >= 15 is 0 Å². The van der Waals surface area contributed by atoms with E-state index in [2.05, 4.69) is 41.8 Å². The zero-order valence-corrected chi connectivity index (χ0v) is 14.9. The lowest BCUT2D eigenvalue weighted by molar-refractivity contribution is 0.836. The summed E-state index contributed by atoms with van der Waals surface area (Å²) in [5.74, 6) is 0.304. The first-order valence-corrected chi connectivity index (χ1v) is 8.50. The number of halogens is 2. The number of hydrogen-bond acceptors (Lipinski definition) is 5. The first-order chi connectivity index (χ1) is 12.7. The number of rotatable bonds is 5. The second kappa shape index (κ2) is 7.15. The number of nitrogens with one attached hydrogen (secondary N) is 2. The first-order valence-electron chi connectivity index (χ1n) is 7.75. The topological polar surface area (TPSA) is 83.8 Å². The summed E-state index contributed by atoms with van der Waals surface area (Å²) in [5.41, 5.74) is 5.75. The summed E-state index contributed by atoms with van der Waals surface area (Å²) in [5, 5.41) is 19.9. The number of aromatic amines is 1. The van der Waals surface area contributed by atoms with E-state index < -0.39 is 0 Å². The third-order valence-corrected chi connectivity index (χ3v) is 4.48. The van der Waals surface area contributed by atoms with Crippen molar-refractivity contribution in [2.75, 3.05) is 5.43 Å².